The molecule has 38 heavy (non-hydrogen) atoms. The fourth-order valence-electron chi connectivity index (χ4n) is 4.41. The van der Waals surface area contributed by atoms with Crippen LogP contribution in [0.15, 0.2) is 30.3 Å². The fourth-order valence-corrected chi connectivity index (χ4v) is 4.41. The zero-order valence-corrected chi connectivity index (χ0v) is 21.5. The van der Waals surface area contributed by atoms with E-state index in [1.54, 1.807) is 20.1 Å². The Morgan fingerprint density at radius 1 is 1.08 bits per heavy atom. The van der Waals surface area contributed by atoms with Gasteiger partial charge in [0.25, 0.3) is 0 Å². The molecule has 1 fully saturated rings. The van der Waals surface area contributed by atoms with E-state index in [9.17, 15) is 4.39 Å². The summed E-state index contributed by atoms with van der Waals surface area (Å²) in [4.78, 5) is 16.2. The molecule has 3 aromatic heterocycles. The number of anilines is 3. The van der Waals surface area contributed by atoms with Crippen LogP contribution in [-0.4, -0.2) is 76.5 Å². The SMILES string of the molecule is C/C=C/c1cc(Nc2cc(N3CCN(CCOC)CC3)nc(Oc3cc(F)c4[nH]c(C)cc4c3F)n2)n[nH]1. The lowest BCUT2D eigenvalue weighted by molar-refractivity contribution is 0.144. The summed E-state index contributed by atoms with van der Waals surface area (Å²) in [5.74, 6) is -0.0583. The second kappa shape index (κ2) is 11.2. The average Bonchev–Trinajstić information content (AvgIpc) is 3.52. The monoisotopic (exact) mass is 524 g/mol. The number of nitrogens with zero attached hydrogens (tertiary/aromatic N) is 5. The summed E-state index contributed by atoms with van der Waals surface area (Å²) < 4.78 is 40.9. The molecule has 3 N–H and O–H groups in total. The van der Waals surface area contributed by atoms with Crippen LogP contribution < -0.4 is 15.0 Å². The van der Waals surface area contributed by atoms with Gasteiger partial charge >= 0.3 is 6.01 Å². The first-order valence-electron chi connectivity index (χ1n) is 12.4. The van der Waals surface area contributed by atoms with Gasteiger partial charge in [-0.25, -0.2) is 8.78 Å². The van der Waals surface area contributed by atoms with E-state index >= 15 is 4.39 Å². The summed E-state index contributed by atoms with van der Waals surface area (Å²) in [6, 6.07) is 6.04. The molecule has 200 valence electrons. The Morgan fingerprint density at radius 3 is 2.66 bits per heavy atom. The van der Waals surface area contributed by atoms with Gasteiger partial charge in [-0.05, 0) is 26.0 Å². The molecule has 1 aliphatic rings. The Morgan fingerprint density at radius 2 is 1.89 bits per heavy atom. The van der Waals surface area contributed by atoms with Crippen LogP contribution in [0, 0.1) is 18.6 Å². The number of halogens is 2. The molecule has 0 radical (unpaired) electrons. The summed E-state index contributed by atoms with van der Waals surface area (Å²) in [5.41, 5.74) is 1.55. The van der Waals surface area contributed by atoms with Gasteiger partial charge in [0.05, 0.1) is 17.8 Å². The van der Waals surface area contributed by atoms with Crippen molar-refractivity contribution in [3.8, 4) is 11.8 Å². The van der Waals surface area contributed by atoms with Crippen LogP contribution in [0.4, 0.5) is 26.2 Å². The van der Waals surface area contributed by atoms with E-state index in [1.807, 2.05) is 25.1 Å². The smallest absolute Gasteiger partial charge is 0.326 e. The van der Waals surface area contributed by atoms with Gasteiger partial charge in [0.1, 0.15) is 11.6 Å². The minimum atomic E-state index is -0.690. The highest BCUT2D eigenvalue weighted by Crippen LogP contribution is 2.33. The van der Waals surface area contributed by atoms with Gasteiger partial charge in [-0.1, -0.05) is 6.08 Å². The third kappa shape index (κ3) is 5.60. The number of hydrogen-bond donors (Lipinski definition) is 3. The van der Waals surface area contributed by atoms with Gasteiger partial charge in [-0.15, -0.1) is 0 Å². The van der Waals surface area contributed by atoms with Crippen molar-refractivity contribution in [1.82, 2.24) is 30.0 Å². The molecule has 0 unspecified atom stereocenters. The number of aryl methyl sites for hydroxylation is 1. The van der Waals surface area contributed by atoms with Gasteiger partial charge in [0.15, 0.2) is 23.2 Å². The molecule has 0 spiro atoms. The Bertz CT molecular complexity index is 1440. The predicted molar refractivity (Wildman–Crippen MR) is 142 cm³/mol. The number of methoxy groups -OCH3 is 1. The van der Waals surface area contributed by atoms with Crippen molar-refractivity contribution >= 4 is 34.4 Å². The molecule has 0 bridgehead atoms. The minimum Gasteiger partial charge on any atom is -0.421 e. The molecule has 5 rings (SSSR count). The number of aromatic nitrogens is 5. The van der Waals surface area contributed by atoms with Crippen molar-refractivity contribution in [2.24, 2.45) is 0 Å². The molecular weight excluding hydrogens is 494 g/mol. The van der Waals surface area contributed by atoms with Crippen molar-refractivity contribution < 1.29 is 18.3 Å². The lowest BCUT2D eigenvalue weighted by atomic mass is 10.2. The predicted octanol–water partition coefficient (Wildman–Crippen LogP) is 4.61. The number of ether oxygens (including phenoxy) is 2. The third-order valence-electron chi connectivity index (χ3n) is 6.30. The Hall–Kier alpha value is -4.03. The lowest BCUT2D eigenvalue weighted by Gasteiger charge is -2.35. The minimum absolute atomic E-state index is 0.0891. The van der Waals surface area contributed by atoms with Crippen molar-refractivity contribution in [2.45, 2.75) is 13.8 Å². The van der Waals surface area contributed by atoms with E-state index in [0.29, 0.717) is 29.8 Å². The quantitative estimate of drug-likeness (QED) is 0.292. The van der Waals surface area contributed by atoms with Crippen LogP contribution in [0.5, 0.6) is 11.8 Å². The number of fused-ring (bicyclic) bond motifs is 1. The zero-order chi connectivity index (χ0) is 26.6. The zero-order valence-electron chi connectivity index (χ0n) is 21.5. The van der Waals surface area contributed by atoms with Gasteiger partial charge in [0, 0.05) is 69.1 Å². The van der Waals surface area contributed by atoms with E-state index in [0.717, 1.165) is 44.5 Å². The first kappa shape index (κ1) is 25.6. The number of piperazine rings is 1. The van der Waals surface area contributed by atoms with Crippen molar-refractivity contribution in [3.05, 3.63) is 53.4 Å². The number of hydrogen-bond acceptors (Lipinski definition) is 8. The topological polar surface area (TPSA) is 107 Å². The third-order valence-corrected chi connectivity index (χ3v) is 6.30. The molecule has 1 aliphatic heterocycles. The molecule has 0 atom stereocenters. The van der Waals surface area contributed by atoms with Crippen LogP contribution in [0.25, 0.3) is 17.0 Å². The molecular formula is C26H30F2N8O2. The number of nitrogens with one attached hydrogen (secondary N) is 3. The van der Waals surface area contributed by atoms with Crippen LogP contribution in [0.3, 0.4) is 0 Å². The second-order valence-electron chi connectivity index (χ2n) is 9.06. The van der Waals surface area contributed by atoms with E-state index < -0.39 is 11.6 Å². The highest BCUT2D eigenvalue weighted by atomic mass is 19.1. The number of allylic oxidation sites excluding steroid dienone is 1. The molecule has 1 aromatic carbocycles. The van der Waals surface area contributed by atoms with Gasteiger partial charge < -0.3 is 24.7 Å². The first-order chi connectivity index (χ1) is 18.4. The van der Waals surface area contributed by atoms with Gasteiger partial charge in [0.2, 0.25) is 0 Å². The number of rotatable bonds is 9. The average molecular weight is 525 g/mol. The molecule has 0 aliphatic carbocycles. The van der Waals surface area contributed by atoms with Crippen LogP contribution in [0.2, 0.25) is 0 Å². The maximum absolute atomic E-state index is 15.2. The normalized spacial score (nSPS) is 14.6. The van der Waals surface area contributed by atoms with Crippen molar-refractivity contribution in [1.29, 1.82) is 0 Å². The van der Waals surface area contributed by atoms with E-state index in [4.69, 9.17) is 9.47 Å². The molecule has 0 amide bonds. The largest absolute Gasteiger partial charge is 0.421 e. The molecule has 10 nitrogen and oxygen atoms in total. The van der Waals surface area contributed by atoms with E-state index in [1.165, 1.54) is 6.07 Å². The first-order valence-corrected chi connectivity index (χ1v) is 12.4. The summed E-state index contributed by atoms with van der Waals surface area (Å²) >= 11 is 0. The molecule has 1 saturated heterocycles. The van der Waals surface area contributed by atoms with Crippen LogP contribution in [-0.2, 0) is 4.74 Å². The summed E-state index contributed by atoms with van der Waals surface area (Å²) in [5, 5.41) is 10.4. The van der Waals surface area contributed by atoms with Crippen LogP contribution >= 0.6 is 0 Å². The van der Waals surface area contributed by atoms with Gasteiger partial charge in [-0.3, -0.25) is 10.00 Å². The Kier molecular flexibility index (Phi) is 7.52. The van der Waals surface area contributed by atoms with E-state index in [-0.39, 0.29) is 22.7 Å². The number of benzene rings is 1. The van der Waals surface area contributed by atoms with Gasteiger partial charge in [-0.2, -0.15) is 15.1 Å². The molecule has 0 saturated carbocycles. The summed E-state index contributed by atoms with van der Waals surface area (Å²) in [6.45, 7) is 8.30. The lowest BCUT2D eigenvalue weighted by Crippen LogP contribution is -2.47. The fraction of sp³-hybridized carbons (Fsp3) is 0.346. The number of aromatic amines is 2. The molecule has 4 aromatic rings. The highest BCUT2D eigenvalue weighted by Gasteiger charge is 2.22. The Labute approximate surface area is 218 Å². The maximum atomic E-state index is 15.2. The molecule has 4 heterocycles. The summed E-state index contributed by atoms with van der Waals surface area (Å²) in [7, 11) is 1.69. The highest BCUT2D eigenvalue weighted by molar-refractivity contribution is 5.83. The Balaban J connectivity index is 1.45. The van der Waals surface area contributed by atoms with Crippen molar-refractivity contribution in [3.63, 3.8) is 0 Å². The summed E-state index contributed by atoms with van der Waals surface area (Å²) in [6.07, 6.45) is 3.78. The standard InChI is InChI=1S/C26H30F2N8O2/c1-4-5-17-13-22(34-33-17)30-21-15-23(36-8-6-35(7-9-36)10-11-37-3)32-26(31-21)38-20-14-19(27)25-18(24(20)28)12-16(2)29-25/h4-5,12-15,29H,6-11H2,1-3H3,(H2,30,31,32,33,34)/b5-4+. The second-order valence-corrected chi connectivity index (χ2v) is 9.06. The van der Waals surface area contributed by atoms with Crippen LogP contribution in [0.1, 0.15) is 18.3 Å². The molecule has 12 heteroatoms. The van der Waals surface area contributed by atoms with Crippen molar-refractivity contribution in [2.75, 3.05) is 56.7 Å². The van der Waals surface area contributed by atoms with E-state index in [2.05, 4.69) is 40.3 Å². The number of H-pyrrole nitrogens is 2. The maximum Gasteiger partial charge on any atom is 0.326 e.